The van der Waals surface area contributed by atoms with E-state index in [2.05, 4.69) is 5.32 Å². The Hall–Kier alpha value is -2.24. The highest BCUT2D eigenvalue weighted by molar-refractivity contribution is 6.03. The highest BCUT2D eigenvalue weighted by Gasteiger charge is 2.35. The van der Waals surface area contributed by atoms with E-state index >= 15 is 0 Å². The summed E-state index contributed by atoms with van der Waals surface area (Å²) in [5, 5.41) is 3.15. The molecule has 2 heterocycles. The average Bonchev–Trinajstić information content (AvgIpc) is 2.53. The van der Waals surface area contributed by atoms with Gasteiger partial charge in [0.25, 0.3) is 0 Å². The van der Waals surface area contributed by atoms with Crippen molar-refractivity contribution in [3.05, 3.63) is 24.3 Å². The van der Waals surface area contributed by atoms with Crippen LogP contribution in [0.1, 0.15) is 33.6 Å². The monoisotopic (exact) mass is 331 g/mol. The molecule has 0 saturated carbocycles. The van der Waals surface area contributed by atoms with Crippen molar-refractivity contribution in [2.45, 2.75) is 45.3 Å². The SMILES string of the molecule is CC(C)(C)OC(=O)N1CCC[C@@H](N2C(=O)CNc3ccccc32)C1. The van der Waals surface area contributed by atoms with Crippen molar-refractivity contribution >= 4 is 23.4 Å². The molecule has 1 fully saturated rings. The molecule has 1 atom stereocenters. The van der Waals surface area contributed by atoms with E-state index in [4.69, 9.17) is 4.74 Å². The zero-order chi connectivity index (χ0) is 17.3. The fourth-order valence-corrected chi connectivity index (χ4v) is 3.28. The third kappa shape index (κ3) is 3.47. The molecule has 0 spiro atoms. The number of anilines is 2. The van der Waals surface area contributed by atoms with Crippen molar-refractivity contribution in [3.63, 3.8) is 0 Å². The normalized spacial score (nSPS) is 21.1. The number of carbonyl (C=O) groups is 2. The van der Waals surface area contributed by atoms with E-state index in [1.807, 2.05) is 49.9 Å². The maximum absolute atomic E-state index is 12.5. The molecule has 3 rings (SSSR count). The molecule has 0 aromatic heterocycles. The Balaban J connectivity index is 1.77. The molecule has 6 nitrogen and oxygen atoms in total. The van der Waals surface area contributed by atoms with E-state index in [1.54, 1.807) is 4.90 Å². The molecule has 2 aliphatic heterocycles. The standard InChI is InChI=1S/C18H25N3O3/c1-18(2,3)24-17(23)20-10-6-7-13(12-20)21-15-9-5-4-8-14(15)19-11-16(21)22/h4-5,8-9,13,19H,6-7,10-12H2,1-3H3/t13-/m1/s1. The van der Waals surface area contributed by atoms with Gasteiger partial charge in [-0.3, -0.25) is 4.79 Å². The van der Waals surface area contributed by atoms with Crippen LogP contribution in [0.5, 0.6) is 0 Å². The molecule has 2 aliphatic rings. The molecule has 0 bridgehead atoms. The number of amides is 2. The van der Waals surface area contributed by atoms with Gasteiger partial charge in [-0.1, -0.05) is 12.1 Å². The van der Waals surface area contributed by atoms with Crippen LogP contribution in [0.2, 0.25) is 0 Å². The Morgan fingerprint density at radius 3 is 2.79 bits per heavy atom. The summed E-state index contributed by atoms with van der Waals surface area (Å²) >= 11 is 0. The first-order valence-corrected chi connectivity index (χ1v) is 8.48. The lowest BCUT2D eigenvalue weighted by molar-refractivity contribution is -0.117. The van der Waals surface area contributed by atoms with Gasteiger partial charge >= 0.3 is 6.09 Å². The van der Waals surface area contributed by atoms with Gasteiger partial charge in [-0.05, 0) is 45.7 Å². The topological polar surface area (TPSA) is 61.9 Å². The van der Waals surface area contributed by atoms with Crippen molar-refractivity contribution in [2.75, 3.05) is 29.9 Å². The molecule has 1 N–H and O–H groups in total. The average molecular weight is 331 g/mol. The maximum Gasteiger partial charge on any atom is 0.410 e. The molecule has 0 aliphatic carbocycles. The molecule has 0 unspecified atom stereocenters. The summed E-state index contributed by atoms with van der Waals surface area (Å²) in [4.78, 5) is 28.4. The number of carbonyl (C=O) groups excluding carboxylic acids is 2. The Bertz CT molecular complexity index is 639. The first-order chi connectivity index (χ1) is 11.3. The number of hydrogen-bond donors (Lipinski definition) is 1. The van der Waals surface area contributed by atoms with E-state index in [9.17, 15) is 9.59 Å². The smallest absolute Gasteiger partial charge is 0.410 e. The Labute approximate surface area is 142 Å². The van der Waals surface area contributed by atoms with Crippen LogP contribution in [0.3, 0.4) is 0 Å². The zero-order valence-electron chi connectivity index (χ0n) is 14.5. The van der Waals surface area contributed by atoms with Crippen LogP contribution in [0.25, 0.3) is 0 Å². The van der Waals surface area contributed by atoms with Gasteiger partial charge < -0.3 is 19.9 Å². The van der Waals surface area contributed by atoms with Crippen LogP contribution in [0, 0.1) is 0 Å². The summed E-state index contributed by atoms with van der Waals surface area (Å²) < 4.78 is 5.48. The molecule has 130 valence electrons. The fourth-order valence-electron chi connectivity index (χ4n) is 3.28. The first kappa shape index (κ1) is 16.6. The Kier molecular flexibility index (Phi) is 4.39. The largest absolute Gasteiger partial charge is 0.444 e. The van der Waals surface area contributed by atoms with E-state index < -0.39 is 5.60 Å². The number of ether oxygens (including phenoxy) is 1. The van der Waals surface area contributed by atoms with Gasteiger partial charge in [0.1, 0.15) is 5.60 Å². The van der Waals surface area contributed by atoms with Crippen LogP contribution in [-0.4, -0.2) is 48.2 Å². The highest BCUT2D eigenvalue weighted by atomic mass is 16.6. The minimum absolute atomic E-state index is 0.0120. The van der Waals surface area contributed by atoms with Crippen molar-refractivity contribution < 1.29 is 14.3 Å². The highest BCUT2D eigenvalue weighted by Crippen LogP contribution is 2.33. The van der Waals surface area contributed by atoms with Crippen LogP contribution >= 0.6 is 0 Å². The lowest BCUT2D eigenvalue weighted by Gasteiger charge is -2.41. The number of rotatable bonds is 1. The predicted octanol–water partition coefficient (Wildman–Crippen LogP) is 2.84. The van der Waals surface area contributed by atoms with Gasteiger partial charge in [-0.2, -0.15) is 0 Å². The number of likely N-dealkylation sites (tertiary alicyclic amines) is 1. The third-order valence-corrected chi connectivity index (χ3v) is 4.28. The zero-order valence-corrected chi connectivity index (χ0v) is 14.5. The molecule has 6 heteroatoms. The van der Waals surface area contributed by atoms with Crippen LogP contribution in [0.4, 0.5) is 16.2 Å². The van der Waals surface area contributed by atoms with Gasteiger partial charge in [0, 0.05) is 13.1 Å². The van der Waals surface area contributed by atoms with Gasteiger partial charge in [-0.15, -0.1) is 0 Å². The van der Waals surface area contributed by atoms with E-state index in [-0.39, 0.29) is 18.0 Å². The van der Waals surface area contributed by atoms with Crippen LogP contribution < -0.4 is 10.2 Å². The maximum atomic E-state index is 12.5. The van der Waals surface area contributed by atoms with Crippen molar-refractivity contribution in [1.82, 2.24) is 4.90 Å². The van der Waals surface area contributed by atoms with Crippen molar-refractivity contribution in [2.24, 2.45) is 0 Å². The van der Waals surface area contributed by atoms with Gasteiger partial charge in [-0.25, -0.2) is 4.79 Å². The molecule has 1 saturated heterocycles. The Morgan fingerprint density at radius 2 is 2.04 bits per heavy atom. The number of para-hydroxylation sites is 2. The summed E-state index contributed by atoms with van der Waals surface area (Å²) in [7, 11) is 0. The molecular formula is C18H25N3O3. The molecular weight excluding hydrogens is 306 g/mol. The van der Waals surface area contributed by atoms with Crippen molar-refractivity contribution in [3.8, 4) is 0 Å². The number of hydrogen-bond acceptors (Lipinski definition) is 4. The quantitative estimate of drug-likeness (QED) is 0.859. The number of fused-ring (bicyclic) bond motifs is 1. The van der Waals surface area contributed by atoms with Crippen molar-refractivity contribution in [1.29, 1.82) is 0 Å². The van der Waals surface area contributed by atoms with Crippen LogP contribution in [0.15, 0.2) is 24.3 Å². The lowest BCUT2D eigenvalue weighted by Crippen LogP contribution is -2.55. The summed E-state index contributed by atoms with van der Waals surface area (Å²) in [5.41, 5.74) is 1.35. The summed E-state index contributed by atoms with van der Waals surface area (Å²) in [6.45, 7) is 7.06. The third-order valence-electron chi connectivity index (χ3n) is 4.28. The van der Waals surface area contributed by atoms with Gasteiger partial charge in [0.2, 0.25) is 5.91 Å². The lowest BCUT2D eigenvalue weighted by atomic mass is 10.0. The summed E-state index contributed by atoms with van der Waals surface area (Å²) in [5.74, 6) is 0.0461. The minimum atomic E-state index is -0.512. The van der Waals surface area contributed by atoms with Crippen LogP contribution in [-0.2, 0) is 9.53 Å². The molecule has 1 aromatic carbocycles. The molecule has 1 aromatic rings. The van der Waals surface area contributed by atoms with Gasteiger partial charge in [0.05, 0.1) is 24.0 Å². The first-order valence-electron chi connectivity index (χ1n) is 8.48. The number of benzene rings is 1. The van der Waals surface area contributed by atoms with Gasteiger partial charge in [0.15, 0.2) is 0 Å². The Morgan fingerprint density at radius 1 is 1.29 bits per heavy atom. The number of nitrogens with zero attached hydrogens (tertiary/aromatic N) is 2. The second kappa shape index (κ2) is 6.34. The molecule has 2 amide bonds. The second-order valence-corrected chi connectivity index (χ2v) is 7.36. The molecule has 24 heavy (non-hydrogen) atoms. The summed E-state index contributed by atoms with van der Waals surface area (Å²) in [6.07, 6.45) is 1.45. The minimum Gasteiger partial charge on any atom is -0.444 e. The summed E-state index contributed by atoms with van der Waals surface area (Å²) in [6, 6.07) is 7.80. The van der Waals surface area contributed by atoms with E-state index in [0.717, 1.165) is 24.2 Å². The van der Waals surface area contributed by atoms with E-state index in [1.165, 1.54) is 0 Å². The number of piperidine rings is 1. The number of nitrogens with one attached hydrogen (secondary N) is 1. The second-order valence-electron chi connectivity index (χ2n) is 7.36. The fraction of sp³-hybridized carbons (Fsp3) is 0.556. The molecule has 0 radical (unpaired) electrons. The predicted molar refractivity (Wildman–Crippen MR) is 93.2 cm³/mol. The van der Waals surface area contributed by atoms with E-state index in [0.29, 0.717) is 19.6 Å².